The van der Waals surface area contributed by atoms with Crippen LogP contribution >= 0.6 is 0 Å². The van der Waals surface area contributed by atoms with Crippen molar-refractivity contribution < 1.29 is 9.90 Å². The molecule has 0 radical (unpaired) electrons. The van der Waals surface area contributed by atoms with Gasteiger partial charge in [0.1, 0.15) is 5.54 Å². The van der Waals surface area contributed by atoms with E-state index in [0.717, 1.165) is 64.8 Å². The Kier molecular flexibility index (Phi) is 4.62. The summed E-state index contributed by atoms with van der Waals surface area (Å²) in [4.78, 5) is 16.5. The van der Waals surface area contributed by atoms with E-state index < -0.39 is 11.5 Å². The molecular formula is C14H26N2O2. The van der Waals surface area contributed by atoms with Gasteiger partial charge in [0.15, 0.2) is 0 Å². The summed E-state index contributed by atoms with van der Waals surface area (Å²) in [6, 6.07) is 0. The summed E-state index contributed by atoms with van der Waals surface area (Å²) >= 11 is 0. The third kappa shape index (κ3) is 2.69. The Bertz CT molecular complexity index is 290. The van der Waals surface area contributed by atoms with Gasteiger partial charge in [0.2, 0.25) is 0 Å². The lowest BCUT2D eigenvalue weighted by atomic mass is 9.86. The van der Waals surface area contributed by atoms with Gasteiger partial charge in [-0.1, -0.05) is 13.3 Å². The second kappa shape index (κ2) is 6.02. The molecule has 0 aromatic heterocycles. The van der Waals surface area contributed by atoms with Gasteiger partial charge in [-0.25, -0.2) is 0 Å². The Balaban J connectivity index is 2.12. The molecule has 2 saturated heterocycles. The van der Waals surface area contributed by atoms with Gasteiger partial charge in [0.25, 0.3) is 0 Å². The highest BCUT2D eigenvalue weighted by Crippen LogP contribution is 2.32. The molecule has 0 bridgehead atoms. The van der Waals surface area contributed by atoms with Gasteiger partial charge in [0.05, 0.1) is 0 Å². The molecule has 0 aromatic rings. The zero-order valence-corrected chi connectivity index (χ0v) is 11.5. The van der Waals surface area contributed by atoms with Gasteiger partial charge in [-0.05, 0) is 58.3 Å². The average Bonchev–Trinajstić information content (AvgIpc) is 2.63. The molecule has 2 fully saturated rings. The van der Waals surface area contributed by atoms with Crippen molar-refractivity contribution in [2.45, 2.75) is 51.0 Å². The third-order valence-corrected chi connectivity index (χ3v) is 4.71. The number of nitrogens with zero attached hydrogens (tertiary/aromatic N) is 2. The summed E-state index contributed by atoms with van der Waals surface area (Å²) < 4.78 is 0. The van der Waals surface area contributed by atoms with Gasteiger partial charge in [-0.15, -0.1) is 0 Å². The number of likely N-dealkylation sites (tertiary alicyclic amines) is 2. The fraction of sp³-hybridized carbons (Fsp3) is 0.929. The molecule has 2 aliphatic rings. The molecule has 4 nitrogen and oxygen atoms in total. The van der Waals surface area contributed by atoms with Crippen LogP contribution < -0.4 is 0 Å². The Hall–Kier alpha value is -0.610. The number of carbonyl (C=O) groups is 1. The SMILES string of the molecule is CCN1CCCC(C(=O)O)(N2CCCCC2)CC1. The lowest BCUT2D eigenvalue weighted by Gasteiger charge is -2.42. The highest BCUT2D eigenvalue weighted by Gasteiger charge is 2.44. The van der Waals surface area contributed by atoms with Crippen molar-refractivity contribution in [3.8, 4) is 0 Å². The minimum absolute atomic E-state index is 0.579. The quantitative estimate of drug-likeness (QED) is 0.834. The van der Waals surface area contributed by atoms with Crippen LogP contribution in [0.2, 0.25) is 0 Å². The van der Waals surface area contributed by atoms with Crippen LogP contribution in [-0.2, 0) is 4.79 Å². The van der Waals surface area contributed by atoms with Gasteiger partial charge in [-0.2, -0.15) is 0 Å². The zero-order chi connectivity index (χ0) is 13.0. The maximum absolute atomic E-state index is 11.9. The minimum Gasteiger partial charge on any atom is -0.480 e. The molecule has 0 aromatic carbocycles. The predicted molar refractivity (Wildman–Crippen MR) is 71.8 cm³/mol. The molecule has 2 heterocycles. The highest BCUT2D eigenvalue weighted by atomic mass is 16.4. The summed E-state index contributed by atoms with van der Waals surface area (Å²) in [7, 11) is 0. The summed E-state index contributed by atoms with van der Waals surface area (Å²) in [5.74, 6) is -0.595. The molecule has 2 rings (SSSR count). The highest BCUT2D eigenvalue weighted by molar-refractivity contribution is 5.79. The van der Waals surface area contributed by atoms with E-state index in [0.29, 0.717) is 0 Å². The first-order chi connectivity index (χ1) is 8.69. The van der Waals surface area contributed by atoms with Gasteiger partial charge in [0, 0.05) is 6.54 Å². The van der Waals surface area contributed by atoms with E-state index in [2.05, 4.69) is 16.7 Å². The summed E-state index contributed by atoms with van der Waals surface area (Å²) in [6.45, 7) is 7.12. The maximum atomic E-state index is 11.9. The van der Waals surface area contributed by atoms with Crippen molar-refractivity contribution in [1.82, 2.24) is 9.80 Å². The largest absolute Gasteiger partial charge is 0.480 e. The normalized spacial score (nSPS) is 32.1. The average molecular weight is 254 g/mol. The summed E-state index contributed by atoms with van der Waals surface area (Å²) in [5, 5.41) is 9.76. The van der Waals surface area contributed by atoms with Crippen molar-refractivity contribution in [3.05, 3.63) is 0 Å². The van der Waals surface area contributed by atoms with Crippen LogP contribution in [0.5, 0.6) is 0 Å². The molecule has 1 atom stereocenters. The van der Waals surface area contributed by atoms with Gasteiger partial charge < -0.3 is 10.0 Å². The molecule has 0 aliphatic carbocycles. The van der Waals surface area contributed by atoms with E-state index in [4.69, 9.17) is 0 Å². The Morgan fingerprint density at radius 3 is 2.39 bits per heavy atom. The monoisotopic (exact) mass is 254 g/mol. The fourth-order valence-corrected chi connectivity index (χ4v) is 3.48. The topological polar surface area (TPSA) is 43.8 Å². The van der Waals surface area contributed by atoms with Crippen LogP contribution in [0.1, 0.15) is 45.4 Å². The van der Waals surface area contributed by atoms with E-state index in [1.807, 2.05) is 0 Å². The fourth-order valence-electron chi connectivity index (χ4n) is 3.48. The predicted octanol–water partition coefficient (Wildman–Crippen LogP) is 1.80. The van der Waals surface area contributed by atoms with Crippen LogP contribution in [0.25, 0.3) is 0 Å². The van der Waals surface area contributed by atoms with Gasteiger partial charge in [-0.3, -0.25) is 9.69 Å². The third-order valence-electron chi connectivity index (χ3n) is 4.71. The van der Waals surface area contributed by atoms with E-state index in [-0.39, 0.29) is 0 Å². The Morgan fingerprint density at radius 1 is 1.06 bits per heavy atom. The first-order valence-electron chi connectivity index (χ1n) is 7.40. The second-order valence-electron chi connectivity index (χ2n) is 5.67. The Morgan fingerprint density at radius 2 is 1.78 bits per heavy atom. The number of rotatable bonds is 3. The number of hydrogen-bond donors (Lipinski definition) is 1. The van der Waals surface area contributed by atoms with E-state index in [1.165, 1.54) is 6.42 Å². The van der Waals surface area contributed by atoms with Crippen molar-refractivity contribution in [2.24, 2.45) is 0 Å². The maximum Gasteiger partial charge on any atom is 0.324 e. The van der Waals surface area contributed by atoms with Gasteiger partial charge >= 0.3 is 5.97 Å². The first-order valence-corrected chi connectivity index (χ1v) is 7.40. The number of carboxylic acid groups (broad SMARTS) is 1. The molecule has 104 valence electrons. The molecule has 1 N–H and O–H groups in total. The molecule has 4 heteroatoms. The molecule has 1 unspecified atom stereocenters. The van der Waals surface area contributed by atoms with Crippen molar-refractivity contribution >= 4 is 5.97 Å². The smallest absolute Gasteiger partial charge is 0.324 e. The van der Waals surface area contributed by atoms with Crippen LogP contribution in [0, 0.1) is 0 Å². The first kappa shape index (κ1) is 13.8. The number of piperidine rings is 1. The number of carboxylic acids is 1. The van der Waals surface area contributed by atoms with Crippen molar-refractivity contribution in [3.63, 3.8) is 0 Å². The van der Waals surface area contributed by atoms with Crippen molar-refractivity contribution in [1.29, 1.82) is 0 Å². The van der Waals surface area contributed by atoms with Crippen LogP contribution in [0.4, 0.5) is 0 Å². The second-order valence-corrected chi connectivity index (χ2v) is 5.67. The lowest BCUT2D eigenvalue weighted by Crippen LogP contribution is -2.56. The number of hydrogen-bond acceptors (Lipinski definition) is 3. The Labute approximate surface area is 110 Å². The summed E-state index contributed by atoms with van der Waals surface area (Å²) in [5.41, 5.74) is -0.579. The molecule has 18 heavy (non-hydrogen) atoms. The van der Waals surface area contributed by atoms with Crippen LogP contribution in [-0.4, -0.2) is 59.1 Å². The van der Waals surface area contributed by atoms with Crippen molar-refractivity contribution in [2.75, 3.05) is 32.7 Å². The molecular weight excluding hydrogens is 228 g/mol. The minimum atomic E-state index is -0.595. The van der Waals surface area contributed by atoms with E-state index in [9.17, 15) is 9.90 Å². The standard InChI is InChI=1S/C14H26N2O2/c1-2-15-9-6-7-14(8-12-15,13(17)18)16-10-4-3-5-11-16/h2-12H2,1H3,(H,17,18). The molecule has 0 amide bonds. The molecule has 2 aliphatic heterocycles. The van der Waals surface area contributed by atoms with Crippen LogP contribution in [0.3, 0.4) is 0 Å². The van der Waals surface area contributed by atoms with E-state index in [1.54, 1.807) is 0 Å². The lowest BCUT2D eigenvalue weighted by molar-refractivity contribution is -0.153. The van der Waals surface area contributed by atoms with Crippen LogP contribution in [0.15, 0.2) is 0 Å². The molecule has 0 saturated carbocycles. The number of aliphatic carboxylic acids is 1. The summed E-state index contributed by atoms with van der Waals surface area (Å²) in [6.07, 6.45) is 6.19. The molecule has 0 spiro atoms. The zero-order valence-electron chi connectivity index (χ0n) is 11.5. The van der Waals surface area contributed by atoms with E-state index >= 15 is 0 Å².